The molecule has 2 aliphatic heterocycles. The molecule has 0 aromatic heterocycles. The molecule has 4 atom stereocenters. The number of Topliss-reactive ketones (excluding diaryl/α,β-unsaturated/α-hetero) is 1. The van der Waals surface area contributed by atoms with Crippen molar-refractivity contribution < 1.29 is 42.2 Å². The number of nitrogens with zero attached hydrogens (tertiary/aromatic N) is 1. The molecule has 3 N–H and O–H groups in total. The molecular weight excluding hydrogens is 542 g/mol. The van der Waals surface area contributed by atoms with Gasteiger partial charge in [-0.3, -0.25) is 24.1 Å². The van der Waals surface area contributed by atoms with Gasteiger partial charge in [0.2, 0.25) is 17.7 Å². The van der Waals surface area contributed by atoms with Crippen LogP contribution in [0.2, 0.25) is 0 Å². The number of carbonyl (C=O) groups is 4. The number of rotatable bonds is 16. The Bertz CT molecular complexity index is 1030. The van der Waals surface area contributed by atoms with E-state index in [9.17, 15) is 28.0 Å². The second-order valence-corrected chi connectivity index (χ2v) is 10.9. The van der Waals surface area contributed by atoms with Crippen molar-refractivity contribution in [3.05, 3.63) is 35.9 Å². The van der Waals surface area contributed by atoms with Crippen molar-refractivity contribution in [1.29, 1.82) is 0 Å². The molecule has 2 fully saturated rings. The van der Waals surface area contributed by atoms with Crippen molar-refractivity contribution in [1.82, 2.24) is 20.9 Å². The lowest BCUT2D eigenvalue weighted by molar-refractivity contribution is -0.148. The van der Waals surface area contributed by atoms with Crippen molar-refractivity contribution >= 4 is 23.5 Å². The molecule has 2 heterocycles. The number of ether oxygens (including phenoxy) is 3. The van der Waals surface area contributed by atoms with E-state index in [0.29, 0.717) is 38.3 Å². The molecule has 2 aliphatic rings. The third kappa shape index (κ3) is 10.7. The monoisotopic (exact) mass is 582 g/mol. The van der Waals surface area contributed by atoms with E-state index < -0.39 is 54.7 Å². The second-order valence-electron chi connectivity index (χ2n) is 10.9. The highest BCUT2D eigenvalue weighted by atomic mass is 19.3. The zero-order chi connectivity index (χ0) is 30.0. The number of carbonyl (C=O) groups excluding carboxylic acids is 4. The molecule has 1 aromatic carbocycles. The SMILES string of the molecule is CC(C)C[C@H](NC(=O)C(Cc1ccccc1)NC(=O)[C@H](COC(F)F)NC(=O)CN1CCOCC1)C(=O)[C@@]1(C)CO1. The summed E-state index contributed by atoms with van der Waals surface area (Å²) in [5.74, 6) is -2.25. The minimum Gasteiger partial charge on any atom is -0.379 e. The van der Waals surface area contributed by atoms with Crippen LogP contribution in [0, 0.1) is 5.92 Å². The van der Waals surface area contributed by atoms with Gasteiger partial charge < -0.3 is 30.2 Å². The molecule has 0 spiro atoms. The number of nitrogens with one attached hydrogen (secondary N) is 3. The predicted molar refractivity (Wildman–Crippen MR) is 144 cm³/mol. The van der Waals surface area contributed by atoms with E-state index >= 15 is 0 Å². The highest BCUT2D eigenvalue weighted by molar-refractivity contribution is 5.98. The molecule has 1 aromatic rings. The molecule has 228 valence electrons. The van der Waals surface area contributed by atoms with Gasteiger partial charge in [-0.05, 0) is 24.8 Å². The molecule has 1 unspecified atom stereocenters. The lowest BCUT2D eigenvalue weighted by Gasteiger charge is -2.28. The summed E-state index contributed by atoms with van der Waals surface area (Å²) in [7, 11) is 0. The average molecular weight is 583 g/mol. The molecule has 2 saturated heterocycles. The molecule has 13 heteroatoms. The molecular formula is C28H40F2N4O7. The number of ketones is 1. The molecule has 11 nitrogen and oxygen atoms in total. The van der Waals surface area contributed by atoms with Gasteiger partial charge in [0.05, 0.1) is 39.0 Å². The Labute approximate surface area is 238 Å². The molecule has 0 bridgehead atoms. The van der Waals surface area contributed by atoms with Gasteiger partial charge in [0.25, 0.3) is 0 Å². The molecule has 0 aliphatic carbocycles. The van der Waals surface area contributed by atoms with Crippen LogP contribution < -0.4 is 16.0 Å². The van der Waals surface area contributed by atoms with Crippen molar-refractivity contribution in [2.45, 2.75) is 64.0 Å². The van der Waals surface area contributed by atoms with Gasteiger partial charge in [0, 0.05) is 19.5 Å². The molecule has 0 radical (unpaired) electrons. The number of hydrogen-bond donors (Lipinski definition) is 3. The Morgan fingerprint density at radius 3 is 2.17 bits per heavy atom. The smallest absolute Gasteiger partial charge is 0.345 e. The summed E-state index contributed by atoms with van der Waals surface area (Å²) in [6, 6.07) is 5.36. The Hall–Kier alpha value is -3.00. The maximum absolute atomic E-state index is 13.5. The first-order valence-corrected chi connectivity index (χ1v) is 13.8. The van der Waals surface area contributed by atoms with Crippen molar-refractivity contribution in [3.63, 3.8) is 0 Å². The second kappa shape index (κ2) is 15.3. The van der Waals surface area contributed by atoms with E-state index in [2.05, 4.69) is 20.7 Å². The summed E-state index contributed by atoms with van der Waals surface area (Å²) in [4.78, 5) is 54.4. The third-order valence-electron chi connectivity index (χ3n) is 6.87. The zero-order valence-corrected chi connectivity index (χ0v) is 23.7. The molecule has 3 amide bonds. The van der Waals surface area contributed by atoms with Crippen LogP contribution in [0.5, 0.6) is 0 Å². The van der Waals surface area contributed by atoms with Crippen LogP contribution in [0.25, 0.3) is 0 Å². The summed E-state index contributed by atoms with van der Waals surface area (Å²) in [5, 5.41) is 7.79. The van der Waals surface area contributed by atoms with Crippen LogP contribution in [0.3, 0.4) is 0 Å². The molecule has 3 rings (SSSR count). The van der Waals surface area contributed by atoms with Gasteiger partial charge in [0.1, 0.15) is 17.7 Å². The topological polar surface area (TPSA) is 139 Å². The minimum atomic E-state index is -3.17. The fourth-order valence-corrected chi connectivity index (χ4v) is 4.48. The van der Waals surface area contributed by atoms with E-state index in [1.807, 2.05) is 18.7 Å². The summed E-state index contributed by atoms with van der Waals surface area (Å²) >= 11 is 0. The summed E-state index contributed by atoms with van der Waals surface area (Å²) < 4.78 is 40.7. The molecule has 0 saturated carbocycles. The normalized spacial score (nSPS) is 21.1. The van der Waals surface area contributed by atoms with Crippen molar-refractivity contribution in [3.8, 4) is 0 Å². The number of alkyl halides is 2. The Morgan fingerprint density at radius 2 is 1.59 bits per heavy atom. The van der Waals surface area contributed by atoms with Gasteiger partial charge in [-0.25, -0.2) is 0 Å². The standard InChI is InChI=1S/C28H40F2N4O7/c1-18(2)13-20(24(36)28(3)17-41-28)32-25(37)21(14-19-7-5-4-6-8-19)33-26(38)22(16-40-27(29)30)31-23(35)15-34-9-11-39-12-10-34/h4-8,18,20-22,27H,9-17H2,1-3H3,(H,31,35)(H,32,37)(H,33,38)/t20-,21?,22-,28+/m0/s1. The lowest BCUT2D eigenvalue weighted by Crippen LogP contribution is -2.59. The number of halogens is 2. The first-order chi connectivity index (χ1) is 19.5. The highest BCUT2D eigenvalue weighted by Crippen LogP contribution is 2.29. The number of amides is 3. The Balaban J connectivity index is 1.75. The van der Waals surface area contributed by atoms with Gasteiger partial charge in [-0.1, -0.05) is 44.2 Å². The summed E-state index contributed by atoms with van der Waals surface area (Å²) in [6.45, 7) is 3.65. The first kappa shape index (κ1) is 32.5. The lowest BCUT2D eigenvalue weighted by atomic mass is 9.93. The van der Waals surface area contributed by atoms with E-state index in [4.69, 9.17) is 9.47 Å². The largest absolute Gasteiger partial charge is 0.379 e. The number of morpholine rings is 1. The Kier molecular flexibility index (Phi) is 12.1. The quantitative estimate of drug-likeness (QED) is 0.242. The van der Waals surface area contributed by atoms with Crippen LogP contribution >= 0.6 is 0 Å². The van der Waals surface area contributed by atoms with Crippen LogP contribution in [0.4, 0.5) is 8.78 Å². The zero-order valence-electron chi connectivity index (χ0n) is 23.7. The van der Waals surface area contributed by atoms with Crippen molar-refractivity contribution in [2.24, 2.45) is 5.92 Å². The number of hydrogen-bond acceptors (Lipinski definition) is 8. The Morgan fingerprint density at radius 1 is 0.976 bits per heavy atom. The average Bonchev–Trinajstić information content (AvgIpc) is 3.68. The van der Waals surface area contributed by atoms with Gasteiger partial charge in [-0.2, -0.15) is 8.78 Å². The van der Waals surface area contributed by atoms with Gasteiger partial charge in [-0.15, -0.1) is 0 Å². The maximum atomic E-state index is 13.5. The van der Waals surface area contributed by atoms with E-state index in [-0.39, 0.29) is 31.3 Å². The third-order valence-corrected chi connectivity index (χ3v) is 6.87. The van der Waals surface area contributed by atoms with Gasteiger partial charge >= 0.3 is 6.61 Å². The fourth-order valence-electron chi connectivity index (χ4n) is 4.48. The van der Waals surface area contributed by atoms with Crippen LogP contribution in [-0.2, 0) is 39.8 Å². The van der Waals surface area contributed by atoms with Crippen LogP contribution in [-0.4, -0.2) is 105 Å². The number of benzene rings is 1. The minimum absolute atomic E-state index is 0.0545. The van der Waals surface area contributed by atoms with E-state index in [1.54, 1.807) is 37.3 Å². The first-order valence-electron chi connectivity index (χ1n) is 13.8. The predicted octanol–water partition coefficient (Wildman–Crippen LogP) is 0.659. The van der Waals surface area contributed by atoms with Crippen LogP contribution in [0.15, 0.2) is 30.3 Å². The number of epoxide rings is 1. The van der Waals surface area contributed by atoms with Gasteiger partial charge in [0.15, 0.2) is 5.78 Å². The van der Waals surface area contributed by atoms with Crippen LogP contribution in [0.1, 0.15) is 32.8 Å². The maximum Gasteiger partial charge on any atom is 0.345 e. The highest BCUT2D eigenvalue weighted by Gasteiger charge is 2.50. The summed E-state index contributed by atoms with van der Waals surface area (Å²) in [5.41, 5.74) is -0.248. The molecule has 41 heavy (non-hydrogen) atoms. The van der Waals surface area contributed by atoms with E-state index in [0.717, 1.165) is 0 Å². The summed E-state index contributed by atoms with van der Waals surface area (Å²) in [6.07, 6.45) is 0.414. The fraction of sp³-hybridized carbons (Fsp3) is 0.643. The van der Waals surface area contributed by atoms with E-state index in [1.165, 1.54) is 0 Å². The van der Waals surface area contributed by atoms with Crippen molar-refractivity contribution in [2.75, 3.05) is 46.1 Å².